The second-order valence-electron chi connectivity index (χ2n) is 4.56. The molecule has 0 aliphatic carbocycles. The van der Waals surface area contributed by atoms with Crippen molar-refractivity contribution in [2.45, 2.75) is 38.6 Å². The third-order valence-corrected chi connectivity index (χ3v) is 2.65. The fourth-order valence-corrected chi connectivity index (χ4v) is 1.84. The van der Waals surface area contributed by atoms with Gasteiger partial charge in [0.2, 0.25) is 5.91 Å². The average molecular weight is 234 g/mol. The number of carbonyl (C=O) groups is 1. The Morgan fingerprint density at radius 1 is 1.29 bits per heavy atom. The summed E-state index contributed by atoms with van der Waals surface area (Å²) in [5, 5.41) is 2.97. The molecule has 0 heterocycles. The van der Waals surface area contributed by atoms with Crippen LogP contribution in [0, 0.1) is 0 Å². The summed E-state index contributed by atoms with van der Waals surface area (Å²) >= 11 is 0. The lowest BCUT2D eigenvalue weighted by molar-refractivity contribution is -0.123. The Morgan fingerprint density at radius 3 is 2.47 bits per heavy atom. The molecule has 0 fully saturated rings. The Kier molecular flexibility index (Phi) is 5.70. The first-order valence-electron chi connectivity index (χ1n) is 6.20. The summed E-state index contributed by atoms with van der Waals surface area (Å²) in [6.07, 6.45) is 1.67. The van der Waals surface area contributed by atoms with E-state index in [1.807, 2.05) is 44.2 Å². The van der Waals surface area contributed by atoms with E-state index < -0.39 is 0 Å². The molecule has 3 nitrogen and oxygen atoms in total. The number of carbonyl (C=O) groups excluding carboxylic acids is 1. The van der Waals surface area contributed by atoms with E-state index in [1.54, 1.807) is 0 Å². The van der Waals surface area contributed by atoms with E-state index in [0.29, 0.717) is 6.54 Å². The Balaban J connectivity index is 2.76. The van der Waals surface area contributed by atoms with E-state index in [-0.39, 0.29) is 17.9 Å². The van der Waals surface area contributed by atoms with Crippen LogP contribution < -0.4 is 11.1 Å². The SMILES string of the molecule is CC(C)NC(=O)C(CCCN)c1ccccc1. The Morgan fingerprint density at radius 2 is 1.94 bits per heavy atom. The molecule has 17 heavy (non-hydrogen) atoms. The van der Waals surface area contributed by atoms with E-state index in [0.717, 1.165) is 18.4 Å². The lowest BCUT2D eigenvalue weighted by Gasteiger charge is -2.18. The minimum absolute atomic E-state index is 0.0813. The number of amides is 1. The second-order valence-corrected chi connectivity index (χ2v) is 4.56. The summed E-state index contributed by atoms with van der Waals surface area (Å²) in [6.45, 7) is 4.57. The van der Waals surface area contributed by atoms with Gasteiger partial charge in [0, 0.05) is 6.04 Å². The first kappa shape index (κ1) is 13.7. The molecule has 0 aromatic heterocycles. The molecule has 0 bridgehead atoms. The molecule has 0 aliphatic heterocycles. The smallest absolute Gasteiger partial charge is 0.227 e. The van der Waals surface area contributed by atoms with Crippen LogP contribution in [-0.2, 0) is 4.79 Å². The third kappa shape index (κ3) is 4.57. The zero-order chi connectivity index (χ0) is 12.7. The van der Waals surface area contributed by atoms with E-state index in [4.69, 9.17) is 5.73 Å². The Labute approximate surface area is 103 Å². The summed E-state index contributed by atoms with van der Waals surface area (Å²) in [6, 6.07) is 10.1. The minimum Gasteiger partial charge on any atom is -0.353 e. The second kappa shape index (κ2) is 7.07. The highest BCUT2D eigenvalue weighted by Gasteiger charge is 2.20. The predicted octanol–water partition coefficient (Wildman–Crippen LogP) is 2.03. The first-order chi connectivity index (χ1) is 8.15. The van der Waals surface area contributed by atoms with Crippen molar-refractivity contribution in [2.75, 3.05) is 6.54 Å². The van der Waals surface area contributed by atoms with Crippen molar-refractivity contribution in [3.05, 3.63) is 35.9 Å². The van der Waals surface area contributed by atoms with Gasteiger partial charge in [0.25, 0.3) is 0 Å². The molecular weight excluding hydrogens is 212 g/mol. The number of nitrogens with one attached hydrogen (secondary N) is 1. The minimum atomic E-state index is -0.0813. The van der Waals surface area contributed by atoms with Crippen molar-refractivity contribution in [3.8, 4) is 0 Å². The molecule has 1 unspecified atom stereocenters. The van der Waals surface area contributed by atoms with Gasteiger partial charge < -0.3 is 11.1 Å². The fourth-order valence-electron chi connectivity index (χ4n) is 1.84. The van der Waals surface area contributed by atoms with Crippen LogP contribution >= 0.6 is 0 Å². The van der Waals surface area contributed by atoms with Crippen LogP contribution in [0.1, 0.15) is 38.2 Å². The highest BCUT2D eigenvalue weighted by molar-refractivity contribution is 5.83. The summed E-state index contributed by atoms with van der Waals surface area (Å²) in [5.74, 6) is 0.0156. The highest BCUT2D eigenvalue weighted by atomic mass is 16.1. The number of rotatable bonds is 6. The molecule has 1 aromatic rings. The largest absolute Gasteiger partial charge is 0.353 e. The molecule has 0 saturated carbocycles. The van der Waals surface area contributed by atoms with Gasteiger partial charge in [0.15, 0.2) is 0 Å². The normalized spacial score (nSPS) is 12.5. The maximum absolute atomic E-state index is 12.1. The quantitative estimate of drug-likeness (QED) is 0.791. The van der Waals surface area contributed by atoms with Gasteiger partial charge in [-0.3, -0.25) is 4.79 Å². The topological polar surface area (TPSA) is 55.1 Å². The number of hydrogen-bond acceptors (Lipinski definition) is 2. The van der Waals surface area contributed by atoms with Gasteiger partial charge in [-0.2, -0.15) is 0 Å². The first-order valence-corrected chi connectivity index (χ1v) is 6.20. The van der Waals surface area contributed by atoms with Gasteiger partial charge in [-0.15, -0.1) is 0 Å². The van der Waals surface area contributed by atoms with Gasteiger partial charge in [-0.1, -0.05) is 30.3 Å². The summed E-state index contributed by atoms with van der Waals surface area (Å²) in [4.78, 5) is 12.1. The van der Waals surface area contributed by atoms with Crippen molar-refractivity contribution < 1.29 is 4.79 Å². The van der Waals surface area contributed by atoms with Crippen LogP contribution in [0.25, 0.3) is 0 Å². The monoisotopic (exact) mass is 234 g/mol. The summed E-state index contributed by atoms with van der Waals surface area (Å²) in [5.41, 5.74) is 6.59. The molecular formula is C14H22N2O. The highest BCUT2D eigenvalue weighted by Crippen LogP contribution is 2.21. The lowest BCUT2D eigenvalue weighted by Crippen LogP contribution is -2.34. The molecule has 3 heteroatoms. The summed E-state index contributed by atoms with van der Waals surface area (Å²) in [7, 11) is 0. The third-order valence-electron chi connectivity index (χ3n) is 2.65. The molecule has 0 radical (unpaired) electrons. The van der Waals surface area contributed by atoms with Crippen LogP contribution in [0.2, 0.25) is 0 Å². The Hall–Kier alpha value is -1.35. The van der Waals surface area contributed by atoms with Crippen molar-refractivity contribution in [1.29, 1.82) is 0 Å². The van der Waals surface area contributed by atoms with Gasteiger partial charge in [0.05, 0.1) is 5.92 Å². The van der Waals surface area contributed by atoms with E-state index in [2.05, 4.69) is 5.32 Å². The average Bonchev–Trinajstić information content (AvgIpc) is 2.30. The van der Waals surface area contributed by atoms with Gasteiger partial charge in [-0.25, -0.2) is 0 Å². The predicted molar refractivity (Wildman–Crippen MR) is 70.8 cm³/mol. The zero-order valence-electron chi connectivity index (χ0n) is 10.6. The van der Waals surface area contributed by atoms with Gasteiger partial charge >= 0.3 is 0 Å². The molecule has 1 amide bonds. The van der Waals surface area contributed by atoms with Crippen molar-refractivity contribution in [3.63, 3.8) is 0 Å². The lowest BCUT2D eigenvalue weighted by atomic mass is 9.93. The van der Waals surface area contributed by atoms with Gasteiger partial charge in [-0.05, 0) is 38.8 Å². The van der Waals surface area contributed by atoms with E-state index >= 15 is 0 Å². The molecule has 3 N–H and O–H groups in total. The number of benzene rings is 1. The van der Waals surface area contributed by atoms with Crippen molar-refractivity contribution in [1.82, 2.24) is 5.32 Å². The van der Waals surface area contributed by atoms with Crippen LogP contribution in [0.5, 0.6) is 0 Å². The summed E-state index contributed by atoms with van der Waals surface area (Å²) < 4.78 is 0. The van der Waals surface area contributed by atoms with E-state index in [1.165, 1.54) is 0 Å². The van der Waals surface area contributed by atoms with Crippen LogP contribution in [0.3, 0.4) is 0 Å². The molecule has 94 valence electrons. The zero-order valence-corrected chi connectivity index (χ0v) is 10.6. The molecule has 1 atom stereocenters. The number of hydrogen-bond donors (Lipinski definition) is 2. The number of nitrogens with two attached hydrogens (primary N) is 1. The van der Waals surface area contributed by atoms with Crippen molar-refractivity contribution in [2.24, 2.45) is 5.73 Å². The molecule has 1 aromatic carbocycles. The molecule has 1 rings (SSSR count). The molecule has 0 saturated heterocycles. The van der Waals surface area contributed by atoms with Gasteiger partial charge in [0.1, 0.15) is 0 Å². The Bertz CT molecular complexity index is 335. The van der Waals surface area contributed by atoms with Crippen LogP contribution in [0.15, 0.2) is 30.3 Å². The maximum atomic E-state index is 12.1. The molecule has 0 spiro atoms. The van der Waals surface area contributed by atoms with Crippen LogP contribution in [-0.4, -0.2) is 18.5 Å². The maximum Gasteiger partial charge on any atom is 0.227 e. The van der Waals surface area contributed by atoms with Crippen LogP contribution in [0.4, 0.5) is 0 Å². The van der Waals surface area contributed by atoms with E-state index in [9.17, 15) is 4.79 Å². The van der Waals surface area contributed by atoms with Crippen molar-refractivity contribution >= 4 is 5.91 Å². The standard InChI is InChI=1S/C14H22N2O/c1-11(2)16-14(17)13(9-6-10-15)12-7-4-3-5-8-12/h3-5,7-8,11,13H,6,9-10,15H2,1-2H3,(H,16,17). The molecule has 0 aliphatic rings. The fraction of sp³-hybridized carbons (Fsp3) is 0.500.